The Morgan fingerprint density at radius 2 is 2.15 bits per heavy atom. The minimum Gasteiger partial charge on any atom is -0.378 e. The van der Waals surface area contributed by atoms with Crippen LogP contribution in [0.25, 0.3) is 0 Å². The van der Waals surface area contributed by atoms with Crippen LogP contribution in [0.4, 0.5) is 0 Å². The van der Waals surface area contributed by atoms with Gasteiger partial charge in [0.25, 0.3) is 0 Å². The summed E-state index contributed by atoms with van der Waals surface area (Å²) in [7, 11) is 0. The number of rotatable bonds is 7. The second-order valence-electron chi connectivity index (χ2n) is 6.35. The Labute approximate surface area is 122 Å². The summed E-state index contributed by atoms with van der Waals surface area (Å²) < 4.78 is 5.84. The highest BCUT2D eigenvalue weighted by Gasteiger charge is 2.44. The van der Waals surface area contributed by atoms with Crippen LogP contribution < -0.4 is 5.32 Å². The molecular weight excluding hydrogens is 246 g/mol. The summed E-state index contributed by atoms with van der Waals surface area (Å²) in [5, 5.41) is 3.78. The SMILES string of the molecule is CCCNC(CC1CCCO1)C1CC1c1ccccc1. The molecular formula is C18H27NO. The molecule has 4 unspecified atom stereocenters. The molecule has 0 spiro atoms. The summed E-state index contributed by atoms with van der Waals surface area (Å²) in [6, 6.07) is 11.7. The van der Waals surface area contributed by atoms with E-state index in [1.54, 1.807) is 0 Å². The van der Waals surface area contributed by atoms with Gasteiger partial charge in [0.2, 0.25) is 0 Å². The molecule has 1 heterocycles. The van der Waals surface area contributed by atoms with Gasteiger partial charge in [0.05, 0.1) is 6.10 Å². The molecule has 3 rings (SSSR count). The van der Waals surface area contributed by atoms with E-state index in [1.807, 2.05) is 0 Å². The van der Waals surface area contributed by atoms with Crippen molar-refractivity contribution in [2.45, 2.75) is 57.1 Å². The van der Waals surface area contributed by atoms with E-state index in [0.717, 1.165) is 25.0 Å². The summed E-state index contributed by atoms with van der Waals surface area (Å²) in [5.41, 5.74) is 1.52. The van der Waals surface area contributed by atoms with Gasteiger partial charge in [0, 0.05) is 12.6 Å². The fraction of sp³-hybridized carbons (Fsp3) is 0.667. The van der Waals surface area contributed by atoms with E-state index in [-0.39, 0.29) is 0 Å². The van der Waals surface area contributed by atoms with E-state index < -0.39 is 0 Å². The smallest absolute Gasteiger partial charge is 0.0590 e. The van der Waals surface area contributed by atoms with Crippen LogP contribution in [0.5, 0.6) is 0 Å². The highest BCUT2D eigenvalue weighted by atomic mass is 16.5. The lowest BCUT2D eigenvalue weighted by Gasteiger charge is -2.22. The third-order valence-electron chi connectivity index (χ3n) is 4.78. The van der Waals surface area contributed by atoms with E-state index in [4.69, 9.17) is 4.74 Å². The summed E-state index contributed by atoms with van der Waals surface area (Å²) in [6.07, 6.45) is 6.77. The molecule has 1 N–H and O–H groups in total. The predicted octanol–water partition coefficient (Wildman–Crippen LogP) is 3.73. The number of ether oxygens (including phenoxy) is 1. The maximum absolute atomic E-state index is 5.84. The van der Waals surface area contributed by atoms with Crippen molar-refractivity contribution in [2.24, 2.45) is 5.92 Å². The van der Waals surface area contributed by atoms with Gasteiger partial charge in [-0.15, -0.1) is 0 Å². The molecule has 0 radical (unpaired) electrons. The molecule has 2 aliphatic rings. The van der Waals surface area contributed by atoms with Crippen LogP contribution in [-0.2, 0) is 4.74 Å². The van der Waals surface area contributed by atoms with Crippen LogP contribution in [0, 0.1) is 5.92 Å². The average molecular weight is 273 g/mol. The van der Waals surface area contributed by atoms with Crippen molar-refractivity contribution >= 4 is 0 Å². The minimum atomic E-state index is 0.501. The third-order valence-corrected chi connectivity index (χ3v) is 4.78. The van der Waals surface area contributed by atoms with Crippen molar-refractivity contribution in [2.75, 3.05) is 13.2 Å². The molecule has 2 heteroatoms. The highest BCUT2D eigenvalue weighted by Crippen LogP contribution is 2.50. The van der Waals surface area contributed by atoms with E-state index in [2.05, 4.69) is 42.6 Å². The first kappa shape index (κ1) is 14.1. The van der Waals surface area contributed by atoms with Crippen LogP contribution in [0.3, 0.4) is 0 Å². The Hall–Kier alpha value is -0.860. The van der Waals surface area contributed by atoms with Gasteiger partial charge in [-0.3, -0.25) is 0 Å². The quantitative estimate of drug-likeness (QED) is 0.817. The molecule has 2 nitrogen and oxygen atoms in total. The maximum Gasteiger partial charge on any atom is 0.0590 e. The molecule has 20 heavy (non-hydrogen) atoms. The van der Waals surface area contributed by atoms with Crippen molar-refractivity contribution in [1.29, 1.82) is 0 Å². The van der Waals surface area contributed by atoms with Crippen molar-refractivity contribution < 1.29 is 4.74 Å². The Balaban J connectivity index is 1.58. The molecule has 1 aromatic carbocycles. The minimum absolute atomic E-state index is 0.501. The van der Waals surface area contributed by atoms with Gasteiger partial charge < -0.3 is 10.1 Å². The first-order chi connectivity index (χ1) is 9.88. The van der Waals surface area contributed by atoms with Crippen LogP contribution in [-0.4, -0.2) is 25.3 Å². The van der Waals surface area contributed by atoms with Gasteiger partial charge in [-0.2, -0.15) is 0 Å². The molecule has 1 saturated carbocycles. The lowest BCUT2D eigenvalue weighted by atomic mass is 9.99. The number of hydrogen-bond donors (Lipinski definition) is 1. The fourth-order valence-corrected chi connectivity index (χ4v) is 3.60. The van der Waals surface area contributed by atoms with Gasteiger partial charge in [-0.25, -0.2) is 0 Å². The Kier molecular flexibility index (Phi) is 4.74. The number of benzene rings is 1. The normalized spacial score (nSPS) is 30.4. The molecule has 1 aliphatic carbocycles. The van der Waals surface area contributed by atoms with Crippen molar-refractivity contribution in [3.05, 3.63) is 35.9 Å². The summed E-state index contributed by atoms with van der Waals surface area (Å²) >= 11 is 0. The zero-order valence-electron chi connectivity index (χ0n) is 12.6. The lowest BCUT2D eigenvalue weighted by molar-refractivity contribution is 0.0919. The Morgan fingerprint density at radius 1 is 1.30 bits per heavy atom. The van der Waals surface area contributed by atoms with E-state index in [1.165, 1.54) is 37.7 Å². The molecule has 0 amide bonds. The molecule has 0 aromatic heterocycles. The van der Waals surface area contributed by atoms with Gasteiger partial charge in [-0.1, -0.05) is 37.3 Å². The van der Waals surface area contributed by atoms with Crippen LogP contribution in [0.2, 0.25) is 0 Å². The third kappa shape index (κ3) is 3.42. The number of nitrogens with one attached hydrogen (secondary N) is 1. The largest absolute Gasteiger partial charge is 0.378 e. The van der Waals surface area contributed by atoms with Gasteiger partial charge in [-0.05, 0) is 56.0 Å². The van der Waals surface area contributed by atoms with Gasteiger partial charge >= 0.3 is 0 Å². The number of hydrogen-bond acceptors (Lipinski definition) is 2. The standard InChI is InChI=1S/C18H27NO/c1-2-10-19-18(12-15-9-6-11-20-15)17-13-16(17)14-7-4-3-5-8-14/h3-5,7-8,15-19H,2,6,9-13H2,1H3. The fourth-order valence-electron chi connectivity index (χ4n) is 3.60. The molecule has 1 aromatic rings. The average Bonchev–Trinajstić information content (AvgIpc) is 3.13. The molecule has 1 saturated heterocycles. The molecule has 110 valence electrons. The zero-order chi connectivity index (χ0) is 13.8. The molecule has 1 aliphatic heterocycles. The summed E-state index contributed by atoms with van der Waals surface area (Å²) in [6.45, 7) is 4.35. The van der Waals surface area contributed by atoms with Gasteiger partial charge in [0.15, 0.2) is 0 Å². The van der Waals surface area contributed by atoms with Crippen molar-refractivity contribution in [1.82, 2.24) is 5.32 Å². The zero-order valence-corrected chi connectivity index (χ0v) is 12.6. The van der Waals surface area contributed by atoms with E-state index >= 15 is 0 Å². The second-order valence-corrected chi connectivity index (χ2v) is 6.35. The predicted molar refractivity (Wildman–Crippen MR) is 83.0 cm³/mol. The van der Waals surface area contributed by atoms with Crippen molar-refractivity contribution in [3.8, 4) is 0 Å². The van der Waals surface area contributed by atoms with Gasteiger partial charge in [0.1, 0.15) is 0 Å². The van der Waals surface area contributed by atoms with Crippen LogP contribution in [0.1, 0.15) is 50.5 Å². The Bertz CT molecular complexity index is 399. The maximum atomic E-state index is 5.84. The van der Waals surface area contributed by atoms with E-state index in [9.17, 15) is 0 Å². The summed E-state index contributed by atoms with van der Waals surface area (Å²) in [4.78, 5) is 0. The lowest BCUT2D eigenvalue weighted by Crippen LogP contribution is -2.35. The highest BCUT2D eigenvalue weighted by molar-refractivity contribution is 5.26. The first-order valence-corrected chi connectivity index (χ1v) is 8.28. The van der Waals surface area contributed by atoms with Crippen molar-refractivity contribution in [3.63, 3.8) is 0 Å². The van der Waals surface area contributed by atoms with E-state index in [0.29, 0.717) is 12.1 Å². The second kappa shape index (κ2) is 6.73. The molecule has 0 bridgehead atoms. The van der Waals surface area contributed by atoms with Crippen LogP contribution >= 0.6 is 0 Å². The monoisotopic (exact) mass is 273 g/mol. The summed E-state index contributed by atoms with van der Waals surface area (Å²) in [5.74, 6) is 1.58. The Morgan fingerprint density at radius 3 is 2.85 bits per heavy atom. The van der Waals surface area contributed by atoms with Crippen LogP contribution in [0.15, 0.2) is 30.3 Å². The molecule has 2 fully saturated rings. The topological polar surface area (TPSA) is 21.3 Å². The molecule has 4 atom stereocenters. The first-order valence-electron chi connectivity index (χ1n) is 8.28.